The Morgan fingerprint density at radius 2 is 0.750 bits per heavy atom. The summed E-state index contributed by atoms with van der Waals surface area (Å²) < 4.78 is 0. The number of rotatable bonds is 6. The van der Waals surface area contributed by atoms with E-state index in [0.717, 1.165) is 35.6 Å². The number of hydrogen-bond acceptors (Lipinski definition) is 2. The molecule has 246 valence electrons. The summed E-state index contributed by atoms with van der Waals surface area (Å²) in [5.41, 5.74) is 6.95. The summed E-state index contributed by atoms with van der Waals surface area (Å²) in [6.45, 7) is 0. The Kier molecular flexibility index (Phi) is 7.32. The summed E-state index contributed by atoms with van der Waals surface area (Å²) in [5, 5.41) is 12.5. The molecule has 0 amide bonds. The summed E-state index contributed by atoms with van der Waals surface area (Å²) in [6, 6.07) is 66.4. The molecule has 0 saturated heterocycles. The van der Waals surface area contributed by atoms with Gasteiger partial charge in [0, 0.05) is 33.4 Å². The first kappa shape index (κ1) is 30.2. The molecule has 0 N–H and O–H groups in total. The van der Waals surface area contributed by atoms with E-state index in [2.05, 4.69) is 204 Å². The van der Waals surface area contributed by atoms with Crippen LogP contribution in [-0.4, -0.2) is 0 Å². The smallest absolute Gasteiger partial charge is 0.0546 e. The van der Waals surface area contributed by atoms with Crippen LogP contribution in [0.5, 0.6) is 0 Å². The van der Waals surface area contributed by atoms with E-state index in [-0.39, 0.29) is 0 Å². The Morgan fingerprint density at radius 3 is 1.35 bits per heavy atom. The van der Waals surface area contributed by atoms with Gasteiger partial charge in [-0.15, -0.1) is 0 Å². The van der Waals surface area contributed by atoms with Crippen molar-refractivity contribution in [1.82, 2.24) is 0 Å². The molecule has 0 aromatic heterocycles. The molecule has 1 aliphatic carbocycles. The number of benzene rings is 9. The molecule has 52 heavy (non-hydrogen) atoms. The van der Waals surface area contributed by atoms with Crippen LogP contribution in [0.2, 0.25) is 0 Å². The van der Waals surface area contributed by atoms with Gasteiger partial charge in [0.15, 0.2) is 0 Å². The van der Waals surface area contributed by atoms with Crippen LogP contribution in [0, 0.1) is 0 Å². The Hall–Kier alpha value is -6.64. The Balaban J connectivity index is 1.28. The molecule has 0 spiro atoms. The molecular formula is C50H36N2. The molecule has 0 fully saturated rings. The number of fused-ring (bicyclic) bond motifs is 7. The molecule has 0 aliphatic heterocycles. The van der Waals surface area contributed by atoms with Crippen molar-refractivity contribution in [2.24, 2.45) is 0 Å². The minimum Gasteiger partial charge on any atom is -0.310 e. The lowest BCUT2D eigenvalue weighted by molar-refractivity contribution is 1.12. The van der Waals surface area contributed by atoms with Crippen molar-refractivity contribution in [2.45, 2.75) is 12.8 Å². The van der Waals surface area contributed by atoms with Crippen LogP contribution in [0.25, 0.3) is 55.2 Å². The molecule has 0 heterocycles. The largest absolute Gasteiger partial charge is 0.310 e. The molecule has 0 radical (unpaired) electrons. The molecule has 10 rings (SSSR count). The third kappa shape index (κ3) is 5.11. The third-order valence-electron chi connectivity index (χ3n) is 10.6. The van der Waals surface area contributed by atoms with E-state index in [0.29, 0.717) is 0 Å². The highest BCUT2D eigenvalue weighted by atomic mass is 15.1. The first-order valence-corrected chi connectivity index (χ1v) is 18.2. The Morgan fingerprint density at radius 1 is 0.288 bits per heavy atom. The summed E-state index contributed by atoms with van der Waals surface area (Å²) >= 11 is 0. The van der Waals surface area contributed by atoms with E-state index in [4.69, 9.17) is 0 Å². The van der Waals surface area contributed by atoms with Crippen LogP contribution in [0.15, 0.2) is 182 Å². The van der Waals surface area contributed by atoms with Gasteiger partial charge in [-0.3, -0.25) is 0 Å². The number of anilines is 6. The second-order valence-corrected chi connectivity index (χ2v) is 13.6. The van der Waals surface area contributed by atoms with E-state index in [1.165, 1.54) is 64.9 Å². The van der Waals surface area contributed by atoms with Crippen LogP contribution >= 0.6 is 0 Å². The molecular weight excluding hydrogens is 629 g/mol. The second-order valence-electron chi connectivity index (χ2n) is 13.6. The van der Waals surface area contributed by atoms with Gasteiger partial charge in [0.1, 0.15) is 0 Å². The van der Waals surface area contributed by atoms with Crippen molar-refractivity contribution < 1.29 is 0 Å². The Bertz CT molecular complexity index is 2910. The fourth-order valence-corrected chi connectivity index (χ4v) is 8.15. The van der Waals surface area contributed by atoms with E-state index >= 15 is 0 Å². The SMILES string of the molecule is C1=c2c(N(c3ccccc3)c3ccc4ccccc4c3)cc3c(cc(N(c4ccccc4)c4ccc5ccccc5c4)c4ccccc43)c2=CCC1. The number of hydrogen-bond donors (Lipinski definition) is 0. The summed E-state index contributed by atoms with van der Waals surface area (Å²) in [4.78, 5) is 4.89. The number of para-hydroxylation sites is 2. The van der Waals surface area contributed by atoms with E-state index in [1.807, 2.05) is 0 Å². The maximum absolute atomic E-state index is 2.46. The predicted molar refractivity (Wildman–Crippen MR) is 223 cm³/mol. The maximum atomic E-state index is 2.46. The van der Waals surface area contributed by atoms with Crippen LogP contribution in [0.4, 0.5) is 34.1 Å². The molecule has 2 nitrogen and oxygen atoms in total. The lowest BCUT2D eigenvalue weighted by Gasteiger charge is -2.30. The quantitative estimate of drug-likeness (QED) is 0.163. The van der Waals surface area contributed by atoms with Gasteiger partial charge in [-0.05, 0) is 116 Å². The van der Waals surface area contributed by atoms with Crippen LogP contribution in [0.1, 0.15) is 12.8 Å². The minimum atomic E-state index is 1.01. The van der Waals surface area contributed by atoms with Gasteiger partial charge in [-0.25, -0.2) is 0 Å². The first-order chi connectivity index (χ1) is 25.8. The molecule has 0 bridgehead atoms. The molecule has 9 aromatic carbocycles. The number of nitrogens with zero attached hydrogens (tertiary/aromatic N) is 2. The fraction of sp³-hybridized carbons (Fsp3) is 0.0400. The normalized spacial score (nSPS) is 12.4. The summed E-state index contributed by atoms with van der Waals surface area (Å²) in [6.07, 6.45) is 6.95. The van der Waals surface area contributed by atoms with Crippen molar-refractivity contribution in [3.8, 4) is 0 Å². The van der Waals surface area contributed by atoms with Crippen molar-refractivity contribution in [2.75, 3.05) is 9.80 Å². The van der Waals surface area contributed by atoms with Gasteiger partial charge in [0.25, 0.3) is 0 Å². The standard InChI is InChI=1S/C50H36N2/c1-3-19-39(20-4-1)51(41-29-27-35-15-7-9-17-37(35)31-41)49-33-47-44-24-12-14-26-46(44)50(34-48(47)43-23-11-13-25-45(43)49)52(40-21-5-2-6-22-40)42-30-28-36-16-8-10-18-38(36)32-42/h1-11,13,15-34H,12,14H2. The molecule has 0 atom stereocenters. The highest BCUT2D eigenvalue weighted by molar-refractivity contribution is 6.16. The van der Waals surface area contributed by atoms with Gasteiger partial charge in [-0.2, -0.15) is 0 Å². The van der Waals surface area contributed by atoms with Gasteiger partial charge in [0.05, 0.1) is 11.4 Å². The molecule has 0 unspecified atom stereocenters. The van der Waals surface area contributed by atoms with Crippen molar-refractivity contribution in [3.63, 3.8) is 0 Å². The molecule has 0 saturated carbocycles. The van der Waals surface area contributed by atoms with Gasteiger partial charge < -0.3 is 9.80 Å². The van der Waals surface area contributed by atoms with Crippen molar-refractivity contribution >= 4 is 89.4 Å². The minimum absolute atomic E-state index is 1.01. The molecule has 2 heteroatoms. The zero-order valence-corrected chi connectivity index (χ0v) is 28.8. The van der Waals surface area contributed by atoms with Gasteiger partial charge in [0.2, 0.25) is 0 Å². The highest BCUT2D eigenvalue weighted by Gasteiger charge is 2.22. The Labute approximate surface area is 303 Å². The average Bonchev–Trinajstić information content (AvgIpc) is 3.22. The second kappa shape index (κ2) is 12.6. The lowest BCUT2D eigenvalue weighted by atomic mass is 9.93. The first-order valence-electron chi connectivity index (χ1n) is 18.2. The van der Waals surface area contributed by atoms with Gasteiger partial charge in [-0.1, -0.05) is 133 Å². The van der Waals surface area contributed by atoms with Crippen LogP contribution < -0.4 is 20.2 Å². The van der Waals surface area contributed by atoms with E-state index in [1.54, 1.807) is 0 Å². The fourth-order valence-electron chi connectivity index (χ4n) is 8.15. The highest BCUT2D eigenvalue weighted by Crippen LogP contribution is 2.43. The zero-order chi connectivity index (χ0) is 34.4. The topological polar surface area (TPSA) is 6.48 Å². The third-order valence-corrected chi connectivity index (χ3v) is 10.6. The lowest BCUT2D eigenvalue weighted by Crippen LogP contribution is -2.33. The van der Waals surface area contributed by atoms with Crippen molar-refractivity contribution in [3.05, 3.63) is 192 Å². The molecule has 9 aromatic rings. The van der Waals surface area contributed by atoms with E-state index < -0.39 is 0 Å². The van der Waals surface area contributed by atoms with Gasteiger partial charge >= 0.3 is 0 Å². The predicted octanol–water partition coefficient (Wildman–Crippen LogP) is 12.6. The summed E-state index contributed by atoms with van der Waals surface area (Å²) in [5.74, 6) is 0. The summed E-state index contributed by atoms with van der Waals surface area (Å²) in [7, 11) is 0. The molecule has 1 aliphatic rings. The maximum Gasteiger partial charge on any atom is 0.0546 e. The van der Waals surface area contributed by atoms with E-state index in [9.17, 15) is 0 Å². The monoisotopic (exact) mass is 664 g/mol. The van der Waals surface area contributed by atoms with Crippen molar-refractivity contribution in [1.29, 1.82) is 0 Å². The zero-order valence-electron chi connectivity index (χ0n) is 28.8. The average molecular weight is 665 g/mol. The van der Waals surface area contributed by atoms with Crippen LogP contribution in [0.3, 0.4) is 0 Å². The van der Waals surface area contributed by atoms with Crippen LogP contribution in [-0.2, 0) is 0 Å².